The third-order valence-corrected chi connectivity index (χ3v) is 5.44. The number of carbonyl (C=O) groups is 3. The van der Waals surface area contributed by atoms with Gasteiger partial charge in [0.15, 0.2) is 11.5 Å². The van der Waals surface area contributed by atoms with Crippen LogP contribution < -0.4 is 10.1 Å². The third kappa shape index (κ3) is 6.75. The summed E-state index contributed by atoms with van der Waals surface area (Å²) in [6.07, 6.45) is 3.67. The third-order valence-electron chi connectivity index (χ3n) is 4.07. The second-order valence-corrected chi connectivity index (χ2v) is 7.93. The molecule has 1 fully saturated rings. The standard InChI is InChI=1S/C19H22N2O6S2/c1-27-14-9-12(6-7-13(14)22)10-15-18(26)21(19(28)29-15)11-16(23)20-8-4-2-3-5-17(24)25/h6-7,9-10,22H,2-5,8,11H2,1H3,(H,20,23)(H,24,25)/b15-10-. The normalized spacial score (nSPS) is 15.1. The van der Waals surface area contributed by atoms with Gasteiger partial charge in [-0.2, -0.15) is 0 Å². The van der Waals surface area contributed by atoms with E-state index in [4.69, 9.17) is 22.1 Å². The minimum absolute atomic E-state index is 0.00294. The topological polar surface area (TPSA) is 116 Å². The van der Waals surface area contributed by atoms with Crippen molar-refractivity contribution in [3.8, 4) is 11.5 Å². The first-order valence-electron chi connectivity index (χ1n) is 8.92. The minimum atomic E-state index is -0.831. The molecule has 0 aromatic heterocycles. The van der Waals surface area contributed by atoms with Gasteiger partial charge in [-0.3, -0.25) is 19.3 Å². The highest BCUT2D eigenvalue weighted by molar-refractivity contribution is 8.26. The number of nitrogens with zero attached hydrogens (tertiary/aromatic N) is 1. The van der Waals surface area contributed by atoms with Crippen LogP contribution in [0.1, 0.15) is 31.2 Å². The summed E-state index contributed by atoms with van der Waals surface area (Å²) in [5.74, 6) is -1.23. The van der Waals surface area contributed by atoms with Crippen molar-refractivity contribution < 1.29 is 29.3 Å². The summed E-state index contributed by atoms with van der Waals surface area (Å²) < 4.78 is 5.35. The Kier molecular flexibility index (Phi) is 8.47. The van der Waals surface area contributed by atoms with Gasteiger partial charge in [0.25, 0.3) is 5.91 Å². The van der Waals surface area contributed by atoms with Gasteiger partial charge in [-0.25, -0.2) is 0 Å². The summed E-state index contributed by atoms with van der Waals surface area (Å²) in [6.45, 7) is 0.242. The van der Waals surface area contributed by atoms with E-state index in [9.17, 15) is 19.5 Å². The van der Waals surface area contributed by atoms with Crippen LogP contribution in [0.5, 0.6) is 11.5 Å². The fourth-order valence-corrected chi connectivity index (χ4v) is 3.83. The summed E-state index contributed by atoms with van der Waals surface area (Å²) >= 11 is 6.32. The number of phenols is 1. The number of benzene rings is 1. The number of aromatic hydroxyl groups is 1. The van der Waals surface area contributed by atoms with Crippen LogP contribution in [0.3, 0.4) is 0 Å². The SMILES string of the molecule is COc1cc(/C=C2\SC(=S)N(CC(=O)NCCCCCC(=O)O)C2=O)ccc1O. The predicted molar refractivity (Wildman–Crippen MR) is 114 cm³/mol. The summed E-state index contributed by atoms with van der Waals surface area (Å²) in [7, 11) is 1.43. The van der Waals surface area contributed by atoms with Crippen LogP contribution in [0, 0.1) is 0 Å². The highest BCUT2D eigenvalue weighted by Gasteiger charge is 2.33. The maximum atomic E-state index is 12.6. The molecule has 156 valence electrons. The second kappa shape index (κ2) is 10.8. The van der Waals surface area contributed by atoms with Gasteiger partial charge in [0.05, 0.1) is 12.0 Å². The van der Waals surface area contributed by atoms with Gasteiger partial charge in [0.1, 0.15) is 10.9 Å². The quantitative estimate of drug-likeness (QED) is 0.290. The lowest BCUT2D eigenvalue weighted by Gasteiger charge is -2.14. The minimum Gasteiger partial charge on any atom is -0.504 e. The fraction of sp³-hybridized carbons (Fsp3) is 0.368. The maximum Gasteiger partial charge on any atom is 0.303 e. The molecule has 1 heterocycles. The van der Waals surface area contributed by atoms with Crippen LogP contribution in [0.15, 0.2) is 23.1 Å². The van der Waals surface area contributed by atoms with Crippen LogP contribution in [0.2, 0.25) is 0 Å². The molecule has 2 amide bonds. The zero-order valence-electron chi connectivity index (χ0n) is 15.8. The Bertz CT molecular complexity index is 840. The number of methoxy groups -OCH3 is 1. The van der Waals surface area contributed by atoms with Crippen LogP contribution in [0.4, 0.5) is 0 Å². The fourth-order valence-electron chi connectivity index (χ4n) is 2.58. The summed E-state index contributed by atoms with van der Waals surface area (Å²) in [4.78, 5) is 36.7. The Morgan fingerprint density at radius 2 is 2.07 bits per heavy atom. The predicted octanol–water partition coefficient (Wildman–Crippen LogP) is 2.36. The first-order chi connectivity index (χ1) is 13.8. The molecule has 29 heavy (non-hydrogen) atoms. The van der Waals surface area contributed by atoms with Crippen molar-refractivity contribution in [1.29, 1.82) is 0 Å². The van der Waals surface area contributed by atoms with Gasteiger partial charge in [-0.15, -0.1) is 0 Å². The molecule has 1 saturated heterocycles. The van der Waals surface area contributed by atoms with E-state index < -0.39 is 5.97 Å². The lowest BCUT2D eigenvalue weighted by Crippen LogP contribution is -2.39. The van der Waals surface area contributed by atoms with Gasteiger partial charge in [-0.1, -0.05) is 36.5 Å². The lowest BCUT2D eigenvalue weighted by molar-refractivity contribution is -0.137. The average molecular weight is 439 g/mol. The van der Waals surface area contributed by atoms with Crippen LogP contribution in [0.25, 0.3) is 6.08 Å². The van der Waals surface area contributed by atoms with Crippen LogP contribution >= 0.6 is 24.0 Å². The molecule has 3 N–H and O–H groups in total. The highest BCUT2D eigenvalue weighted by atomic mass is 32.2. The first-order valence-corrected chi connectivity index (χ1v) is 10.1. The monoisotopic (exact) mass is 438 g/mol. The number of hydrogen-bond donors (Lipinski definition) is 3. The van der Waals surface area contributed by atoms with Crippen molar-refractivity contribution in [1.82, 2.24) is 10.2 Å². The van der Waals surface area contributed by atoms with E-state index in [1.54, 1.807) is 18.2 Å². The molecule has 0 saturated carbocycles. The molecule has 1 aromatic carbocycles. The van der Waals surface area contributed by atoms with Crippen molar-refractivity contribution in [2.45, 2.75) is 25.7 Å². The van der Waals surface area contributed by atoms with Crippen LogP contribution in [-0.4, -0.2) is 57.4 Å². The summed E-state index contributed by atoms with van der Waals surface area (Å²) in [5.41, 5.74) is 0.658. The van der Waals surface area contributed by atoms with Gasteiger partial charge in [0.2, 0.25) is 5.91 Å². The average Bonchev–Trinajstić information content (AvgIpc) is 2.93. The number of nitrogens with one attached hydrogen (secondary N) is 1. The van der Waals surface area contributed by atoms with Gasteiger partial charge in [0, 0.05) is 13.0 Å². The van der Waals surface area contributed by atoms with Crippen LogP contribution in [-0.2, 0) is 14.4 Å². The number of aliphatic carboxylic acids is 1. The van der Waals surface area contributed by atoms with Crippen molar-refractivity contribution in [2.24, 2.45) is 0 Å². The Hall–Kier alpha value is -2.59. The zero-order chi connectivity index (χ0) is 21.4. The number of carboxylic acid groups (broad SMARTS) is 1. The molecule has 10 heteroatoms. The van der Waals surface area contributed by atoms with E-state index in [-0.39, 0.29) is 36.3 Å². The van der Waals surface area contributed by atoms with Gasteiger partial charge in [-0.05, 0) is 36.6 Å². The molecule has 2 rings (SSSR count). The number of thiocarbonyl (C=S) groups is 1. The Morgan fingerprint density at radius 3 is 2.76 bits per heavy atom. The van der Waals surface area contributed by atoms with E-state index in [0.29, 0.717) is 40.6 Å². The van der Waals surface area contributed by atoms with Gasteiger partial charge >= 0.3 is 5.97 Å². The van der Waals surface area contributed by atoms with E-state index in [1.807, 2.05) is 0 Å². The Morgan fingerprint density at radius 1 is 1.31 bits per heavy atom. The number of amides is 2. The van der Waals surface area contributed by atoms with E-state index in [1.165, 1.54) is 18.1 Å². The summed E-state index contributed by atoms with van der Waals surface area (Å²) in [6, 6.07) is 4.70. The molecular formula is C19H22N2O6S2. The highest BCUT2D eigenvalue weighted by Crippen LogP contribution is 2.34. The lowest BCUT2D eigenvalue weighted by atomic mass is 10.2. The maximum absolute atomic E-state index is 12.6. The largest absolute Gasteiger partial charge is 0.504 e. The number of thioether (sulfide) groups is 1. The molecule has 0 bridgehead atoms. The molecule has 1 aromatic rings. The number of hydrogen-bond acceptors (Lipinski definition) is 7. The number of carboxylic acids is 1. The second-order valence-electron chi connectivity index (χ2n) is 6.25. The van der Waals surface area contributed by atoms with Crippen molar-refractivity contribution in [3.05, 3.63) is 28.7 Å². The molecule has 0 unspecified atom stereocenters. The Labute approximate surface area is 177 Å². The molecule has 8 nitrogen and oxygen atoms in total. The molecule has 1 aliphatic rings. The number of carbonyl (C=O) groups excluding carboxylic acids is 2. The molecule has 1 aliphatic heterocycles. The number of ether oxygens (including phenoxy) is 1. The molecule has 0 spiro atoms. The number of unbranched alkanes of at least 4 members (excludes halogenated alkanes) is 2. The smallest absolute Gasteiger partial charge is 0.303 e. The van der Waals surface area contributed by atoms with Crippen molar-refractivity contribution in [3.63, 3.8) is 0 Å². The van der Waals surface area contributed by atoms with E-state index >= 15 is 0 Å². The van der Waals surface area contributed by atoms with E-state index in [0.717, 1.165) is 11.8 Å². The van der Waals surface area contributed by atoms with Gasteiger partial charge < -0.3 is 20.3 Å². The zero-order valence-corrected chi connectivity index (χ0v) is 17.5. The Balaban J connectivity index is 1.88. The number of rotatable bonds is 10. The first kappa shape index (κ1) is 22.7. The van der Waals surface area contributed by atoms with Crippen molar-refractivity contribution >= 4 is 52.2 Å². The van der Waals surface area contributed by atoms with E-state index in [2.05, 4.69) is 5.32 Å². The number of phenolic OH excluding ortho intramolecular Hbond substituents is 1. The molecular weight excluding hydrogens is 416 g/mol. The summed E-state index contributed by atoms with van der Waals surface area (Å²) in [5, 5.41) is 20.9. The van der Waals surface area contributed by atoms with Crippen molar-refractivity contribution in [2.75, 3.05) is 20.2 Å². The molecule has 0 radical (unpaired) electrons. The molecule has 0 atom stereocenters. The molecule has 0 aliphatic carbocycles.